The van der Waals surface area contributed by atoms with Crippen molar-refractivity contribution in [3.8, 4) is 5.75 Å². The molecule has 0 aliphatic carbocycles. The fourth-order valence-corrected chi connectivity index (χ4v) is 4.04. The number of hydrogen-bond acceptors (Lipinski definition) is 4. The molecule has 1 saturated heterocycles. The summed E-state index contributed by atoms with van der Waals surface area (Å²) >= 11 is 0. The van der Waals surface area contributed by atoms with Crippen molar-refractivity contribution in [3.63, 3.8) is 0 Å². The molecular weight excluding hydrogens is 378 g/mol. The molecule has 1 unspecified atom stereocenters. The van der Waals surface area contributed by atoms with Gasteiger partial charge in [0.2, 0.25) is 0 Å². The summed E-state index contributed by atoms with van der Waals surface area (Å²) < 4.78 is 5.36. The molecule has 1 heterocycles. The van der Waals surface area contributed by atoms with Crippen LogP contribution < -0.4 is 4.74 Å². The molecule has 1 aliphatic rings. The molecule has 5 nitrogen and oxygen atoms in total. The van der Waals surface area contributed by atoms with Crippen LogP contribution in [-0.4, -0.2) is 35.4 Å². The van der Waals surface area contributed by atoms with Crippen LogP contribution in [0.2, 0.25) is 0 Å². The fourth-order valence-electron chi connectivity index (χ4n) is 4.04. The minimum atomic E-state index is -0.640. The first kappa shape index (κ1) is 21.6. The van der Waals surface area contributed by atoms with Crippen LogP contribution in [0.1, 0.15) is 54.1 Å². The monoisotopic (exact) mass is 407 g/mol. The van der Waals surface area contributed by atoms with Crippen LogP contribution in [0.25, 0.3) is 5.76 Å². The number of ether oxygens (including phenoxy) is 1. The Kier molecular flexibility index (Phi) is 6.30. The van der Waals surface area contributed by atoms with Gasteiger partial charge < -0.3 is 14.7 Å². The number of ketones is 1. The lowest BCUT2D eigenvalue weighted by atomic mass is 9.92. The number of methoxy groups -OCH3 is 1. The fraction of sp³-hybridized carbons (Fsp3) is 0.360. The molecule has 158 valence electrons. The Morgan fingerprint density at radius 2 is 1.73 bits per heavy atom. The second-order valence-corrected chi connectivity index (χ2v) is 7.72. The van der Waals surface area contributed by atoms with Crippen LogP contribution in [0.15, 0.2) is 42.0 Å². The average molecular weight is 408 g/mol. The van der Waals surface area contributed by atoms with Crippen molar-refractivity contribution in [3.05, 3.63) is 69.8 Å². The largest absolute Gasteiger partial charge is 0.507 e. The molecule has 1 amide bonds. The third-order valence-electron chi connectivity index (χ3n) is 5.71. The summed E-state index contributed by atoms with van der Waals surface area (Å²) in [6.07, 6.45) is 1.62. The van der Waals surface area contributed by atoms with Gasteiger partial charge in [-0.1, -0.05) is 38.1 Å². The van der Waals surface area contributed by atoms with E-state index in [0.717, 1.165) is 29.5 Å². The number of carbonyl (C=O) groups is 2. The van der Waals surface area contributed by atoms with Crippen molar-refractivity contribution in [2.75, 3.05) is 13.7 Å². The number of likely N-dealkylation sites (tertiary alicyclic amines) is 1. The predicted octanol–water partition coefficient (Wildman–Crippen LogP) is 4.71. The highest BCUT2D eigenvalue weighted by molar-refractivity contribution is 6.46. The van der Waals surface area contributed by atoms with Crippen molar-refractivity contribution < 1.29 is 19.4 Å². The number of amides is 1. The first-order chi connectivity index (χ1) is 14.3. The Hall–Kier alpha value is -3.08. The number of benzene rings is 2. The van der Waals surface area contributed by atoms with Crippen molar-refractivity contribution in [1.82, 2.24) is 4.90 Å². The molecule has 5 heteroatoms. The molecule has 30 heavy (non-hydrogen) atoms. The number of carbonyl (C=O) groups excluding carboxylic acids is 2. The molecule has 0 bridgehead atoms. The topological polar surface area (TPSA) is 66.8 Å². The average Bonchev–Trinajstić information content (AvgIpc) is 3.00. The van der Waals surface area contributed by atoms with Crippen molar-refractivity contribution >= 4 is 17.4 Å². The lowest BCUT2D eigenvalue weighted by Gasteiger charge is -2.25. The predicted molar refractivity (Wildman–Crippen MR) is 118 cm³/mol. The van der Waals surface area contributed by atoms with E-state index in [4.69, 9.17) is 4.74 Å². The van der Waals surface area contributed by atoms with Gasteiger partial charge in [0.15, 0.2) is 0 Å². The highest BCUT2D eigenvalue weighted by Crippen LogP contribution is 2.40. The highest BCUT2D eigenvalue weighted by Gasteiger charge is 2.45. The smallest absolute Gasteiger partial charge is 0.295 e. The molecule has 0 saturated carbocycles. The SMILES string of the molecule is CCCN1C(=O)C(=O)/C(=C(/O)c2cc(C)c(OC)cc2C)C1c1ccc(CC)cc1. The summed E-state index contributed by atoms with van der Waals surface area (Å²) in [5.74, 6) is -0.633. The van der Waals surface area contributed by atoms with Crippen molar-refractivity contribution in [1.29, 1.82) is 0 Å². The summed E-state index contributed by atoms with van der Waals surface area (Å²) in [6.45, 7) is 8.22. The van der Waals surface area contributed by atoms with Gasteiger partial charge in [-0.15, -0.1) is 0 Å². The molecule has 1 fully saturated rings. The maximum atomic E-state index is 13.0. The van der Waals surface area contributed by atoms with E-state index in [-0.39, 0.29) is 11.3 Å². The van der Waals surface area contributed by atoms with E-state index in [9.17, 15) is 14.7 Å². The van der Waals surface area contributed by atoms with Gasteiger partial charge in [-0.25, -0.2) is 0 Å². The first-order valence-corrected chi connectivity index (χ1v) is 10.4. The summed E-state index contributed by atoms with van der Waals surface area (Å²) in [4.78, 5) is 27.4. The third kappa shape index (κ3) is 3.72. The molecule has 0 aromatic heterocycles. The molecule has 2 aromatic carbocycles. The van der Waals surface area contributed by atoms with Crippen LogP contribution in [-0.2, 0) is 16.0 Å². The number of aliphatic hydroxyl groups is 1. The van der Waals surface area contributed by atoms with Crippen molar-refractivity contribution in [2.45, 2.75) is 46.6 Å². The van der Waals surface area contributed by atoms with E-state index in [1.54, 1.807) is 18.1 Å². The van der Waals surface area contributed by atoms with E-state index in [1.165, 1.54) is 5.56 Å². The van der Waals surface area contributed by atoms with E-state index >= 15 is 0 Å². The second-order valence-electron chi connectivity index (χ2n) is 7.72. The minimum Gasteiger partial charge on any atom is -0.507 e. The molecule has 1 atom stereocenters. The Balaban J connectivity index is 2.21. The molecule has 2 aromatic rings. The van der Waals surface area contributed by atoms with Crippen LogP contribution in [0.4, 0.5) is 0 Å². The Labute approximate surface area is 178 Å². The summed E-state index contributed by atoms with van der Waals surface area (Å²) in [6, 6.07) is 10.9. The Morgan fingerprint density at radius 1 is 1.07 bits per heavy atom. The summed E-state index contributed by atoms with van der Waals surface area (Å²) in [7, 11) is 1.59. The van der Waals surface area contributed by atoms with E-state index in [1.807, 2.05) is 51.1 Å². The number of aryl methyl sites for hydroxylation is 3. The van der Waals surface area contributed by atoms with Crippen LogP contribution in [0.5, 0.6) is 5.75 Å². The maximum absolute atomic E-state index is 13.0. The zero-order valence-electron chi connectivity index (χ0n) is 18.3. The van der Waals surface area contributed by atoms with Gasteiger partial charge in [-0.3, -0.25) is 9.59 Å². The number of Topliss-reactive ketones (excluding diaryl/α,β-unsaturated/α-hetero) is 1. The quantitative estimate of drug-likeness (QED) is 0.428. The molecule has 1 aliphatic heterocycles. The Morgan fingerprint density at radius 3 is 2.30 bits per heavy atom. The minimum absolute atomic E-state index is 0.139. The summed E-state index contributed by atoms with van der Waals surface area (Å²) in [5, 5.41) is 11.2. The van der Waals surface area contributed by atoms with Gasteiger partial charge in [-0.05, 0) is 61.1 Å². The van der Waals surface area contributed by atoms with Gasteiger partial charge in [0.1, 0.15) is 11.5 Å². The first-order valence-electron chi connectivity index (χ1n) is 10.4. The van der Waals surface area contributed by atoms with Gasteiger partial charge in [-0.2, -0.15) is 0 Å². The zero-order valence-corrected chi connectivity index (χ0v) is 18.3. The molecule has 0 spiro atoms. The van der Waals surface area contributed by atoms with Crippen molar-refractivity contribution in [2.24, 2.45) is 0 Å². The summed E-state index contributed by atoms with van der Waals surface area (Å²) in [5.41, 5.74) is 4.30. The van der Waals surface area contributed by atoms with Crippen LogP contribution >= 0.6 is 0 Å². The molecular formula is C25H29NO4. The number of rotatable bonds is 6. The highest BCUT2D eigenvalue weighted by atomic mass is 16.5. The number of hydrogen-bond donors (Lipinski definition) is 1. The van der Waals surface area contributed by atoms with E-state index in [2.05, 4.69) is 6.92 Å². The lowest BCUT2D eigenvalue weighted by molar-refractivity contribution is -0.139. The molecule has 3 rings (SSSR count). The zero-order chi connectivity index (χ0) is 22.0. The molecule has 0 radical (unpaired) electrons. The standard InChI is InChI=1S/C25H29NO4/c1-6-12-26-22(18-10-8-17(7-2)9-11-18)21(24(28)25(26)29)23(27)19-13-16(4)20(30-5)14-15(19)3/h8-11,13-14,22,27H,6-7,12H2,1-5H3/b23-21+. The Bertz CT molecular complexity index is 1000. The second kappa shape index (κ2) is 8.74. The van der Waals surface area contributed by atoms with E-state index < -0.39 is 17.7 Å². The van der Waals surface area contributed by atoms with Gasteiger partial charge in [0.05, 0.1) is 18.7 Å². The van der Waals surface area contributed by atoms with E-state index in [0.29, 0.717) is 17.9 Å². The lowest BCUT2D eigenvalue weighted by Crippen LogP contribution is -2.30. The van der Waals surface area contributed by atoms with Crippen LogP contribution in [0, 0.1) is 13.8 Å². The normalized spacial score (nSPS) is 18.2. The van der Waals surface area contributed by atoms with Crippen LogP contribution in [0.3, 0.4) is 0 Å². The third-order valence-corrected chi connectivity index (χ3v) is 5.71. The molecule has 1 N–H and O–H groups in total. The maximum Gasteiger partial charge on any atom is 0.295 e. The number of nitrogens with zero attached hydrogens (tertiary/aromatic N) is 1. The van der Waals surface area contributed by atoms with Gasteiger partial charge >= 0.3 is 0 Å². The van der Waals surface area contributed by atoms with Gasteiger partial charge in [0.25, 0.3) is 11.7 Å². The van der Waals surface area contributed by atoms with Gasteiger partial charge in [0, 0.05) is 12.1 Å². The number of aliphatic hydroxyl groups excluding tert-OH is 1.